The van der Waals surface area contributed by atoms with Crippen LogP contribution in [0.3, 0.4) is 0 Å². The molecule has 2 aromatic rings. The molecule has 112 valence electrons. The zero-order valence-corrected chi connectivity index (χ0v) is 12.8. The molecule has 1 aromatic heterocycles. The molecule has 0 aliphatic carbocycles. The van der Waals surface area contributed by atoms with E-state index in [2.05, 4.69) is 22.9 Å². The number of nitrogens with zero attached hydrogens (tertiary/aromatic N) is 2. The monoisotopic (exact) mass is 285 g/mol. The number of rotatable bonds is 3. The van der Waals surface area contributed by atoms with Gasteiger partial charge in [-0.25, -0.2) is 4.98 Å². The number of aromatic nitrogens is 1. The van der Waals surface area contributed by atoms with Gasteiger partial charge in [0.2, 0.25) is 0 Å². The van der Waals surface area contributed by atoms with E-state index in [9.17, 15) is 0 Å². The molecule has 0 atom stereocenters. The second-order valence-electron chi connectivity index (χ2n) is 6.05. The van der Waals surface area contributed by atoms with Crippen molar-refractivity contribution in [3.8, 4) is 5.75 Å². The summed E-state index contributed by atoms with van der Waals surface area (Å²) in [5.41, 5.74) is 8.16. The molecule has 2 N–H and O–H groups in total. The molecule has 1 fully saturated rings. The molecule has 0 unspecified atom stereocenters. The molecular weight excluding hydrogens is 262 g/mol. The average Bonchev–Trinajstić information content (AvgIpc) is 2.50. The number of likely N-dealkylation sites (tertiary alicyclic amines) is 1. The van der Waals surface area contributed by atoms with Crippen LogP contribution in [0.1, 0.15) is 25.3 Å². The fourth-order valence-electron chi connectivity index (χ4n) is 2.92. The van der Waals surface area contributed by atoms with Crippen molar-refractivity contribution >= 4 is 16.7 Å². The van der Waals surface area contributed by atoms with Gasteiger partial charge in [0.05, 0.1) is 12.6 Å². The molecular formula is C17H23N3O. The lowest BCUT2D eigenvalue weighted by Gasteiger charge is -2.30. The zero-order valence-electron chi connectivity index (χ0n) is 12.8. The van der Waals surface area contributed by atoms with Crippen molar-refractivity contribution in [1.29, 1.82) is 0 Å². The molecule has 0 spiro atoms. The first-order valence-corrected chi connectivity index (χ1v) is 7.61. The maximum atomic E-state index is 6.14. The first kappa shape index (κ1) is 14.1. The lowest BCUT2D eigenvalue weighted by Crippen LogP contribution is -2.32. The lowest BCUT2D eigenvalue weighted by molar-refractivity contribution is 0.185. The minimum Gasteiger partial charge on any atom is -0.497 e. The van der Waals surface area contributed by atoms with Gasteiger partial charge in [-0.1, -0.05) is 6.92 Å². The third-order valence-corrected chi connectivity index (χ3v) is 4.41. The van der Waals surface area contributed by atoms with Gasteiger partial charge in [-0.3, -0.25) is 4.90 Å². The van der Waals surface area contributed by atoms with Crippen LogP contribution < -0.4 is 10.5 Å². The summed E-state index contributed by atoms with van der Waals surface area (Å²) >= 11 is 0. The number of anilines is 1. The predicted molar refractivity (Wildman–Crippen MR) is 86.4 cm³/mol. The summed E-state index contributed by atoms with van der Waals surface area (Å²) in [4.78, 5) is 7.01. The number of ether oxygens (including phenoxy) is 1. The van der Waals surface area contributed by atoms with E-state index in [0.29, 0.717) is 5.82 Å². The van der Waals surface area contributed by atoms with Gasteiger partial charge in [0, 0.05) is 23.6 Å². The van der Waals surface area contributed by atoms with Gasteiger partial charge in [0.15, 0.2) is 0 Å². The number of pyridine rings is 1. The van der Waals surface area contributed by atoms with E-state index in [1.807, 2.05) is 18.2 Å². The van der Waals surface area contributed by atoms with Gasteiger partial charge in [-0.2, -0.15) is 0 Å². The fourth-order valence-corrected chi connectivity index (χ4v) is 2.92. The molecule has 3 rings (SSSR count). The highest BCUT2D eigenvalue weighted by Gasteiger charge is 2.17. The number of methoxy groups -OCH3 is 1. The number of piperidine rings is 1. The van der Waals surface area contributed by atoms with Crippen LogP contribution >= 0.6 is 0 Å². The van der Waals surface area contributed by atoms with Gasteiger partial charge >= 0.3 is 0 Å². The molecule has 1 aromatic carbocycles. The zero-order chi connectivity index (χ0) is 14.8. The van der Waals surface area contributed by atoms with Crippen LogP contribution in [-0.4, -0.2) is 30.1 Å². The first-order valence-electron chi connectivity index (χ1n) is 7.61. The summed E-state index contributed by atoms with van der Waals surface area (Å²) in [7, 11) is 1.66. The molecule has 2 heterocycles. The minimum atomic E-state index is 0.634. The van der Waals surface area contributed by atoms with Gasteiger partial charge < -0.3 is 10.5 Å². The predicted octanol–water partition coefficient (Wildman–Crippen LogP) is 3.06. The molecule has 21 heavy (non-hydrogen) atoms. The van der Waals surface area contributed by atoms with Gasteiger partial charge in [-0.05, 0) is 50.0 Å². The Morgan fingerprint density at radius 2 is 2.05 bits per heavy atom. The Bertz CT molecular complexity index is 633. The molecule has 4 nitrogen and oxygen atoms in total. The largest absolute Gasteiger partial charge is 0.497 e. The maximum Gasteiger partial charge on any atom is 0.128 e. The third kappa shape index (κ3) is 3.10. The van der Waals surface area contributed by atoms with Crippen molar-refractivity contribution in [2.24, 2.45) is 5.92 Å². The summed E-state index contributed by atoms with van der Waals surface area (Å²) in [6.45, 7) is 5.53. The van der Waals surface area contributed by atoms with E-state index in [4.69, 9.17) is 10.5 Å². The molecule has 1 aliphatic rings. The Kier molecular flexibility index (Phi) is 3.97. The van der Waals surface area contributed by atoms with Crippen molar-refractivity contribution in [1.82, 2.24) is 9.88 Å². The third-order valence-electron chi connectivity index (χ3n) is 4.41. The maximum absolute atomic E-state index is 6.14. The Balaban J connectivity index is 1.83. The molecule has 4 heteroatoms. The Morgan fingerprint density at radius 1 is 1.29 bits per heavy atom. The standard InChI is InChI=1S/C17H23N3O/c1-12-5-7-20(8-6-12)11-14-9-13-3-4-15(21-2)10-16(13)19-17(14)18/h3-4,9-10,12H,5-8,11H2,1-2H3,(H2,18,19). The summed E-state index contributed by atoms with van der Waals surface area (Å²) in [6, 6.07) is 8.10. The number of benzene rings is 1. The average molecular weight is 285 g/mol. The van der Waals surface area contributed by atoms with Crippen molar-refractivity contribution in [3.63, 3.8) is 0 Å². The normalized spacial score (nSPS) is 17.2. The van der Waals surface area contributed by atoms with Crippen molar-refractivity contribution in [2.75, 3.05) is 25.9 Å². The minimum absolute atomic E-state index is 0.634. The first-order chi connectivity index (χ1) is 10.2. The van der Waals surface area contributed by atoms with E-state index in [-0.39, 0.29) is 0 Å². The second-order valence-corrected chi connectivity index (χ2v) is 6.05. The SMILES string of the molecule is COc1ccc2cc(CN3CCC(C)CC3)c(N)nc2c1. The molecule has 0 bridgehead atoms. The summed E-state index contributed by atoms with van der Waals surface area (Å²) in [5, 5.41) is 1.12. The second kappa shape index (κ2) is 5.90. The molecule has 1 aliphatic heterocycles. The van der Waals surface area contributed by atoms with E-state index in [1.165, 1.54) is 12.8 Å². The van der Waals surface area contributed by atoms with Crippen molar-refractivity contribution < 1.29 is 4.74 Å². The number of nitrogen functional groups attached to an aromatic ring is 1. The Hall–Kier alpha value is -1.81. The smallest absolute Gasteiger partial charge is 0.128 e. The number of fused-ring (bicyclic) bond motifs is 1. The van der Waals surface area contributed by atoms with E-state index < -0.39 is 0 Å². The molecule has 1 saturated heterocycles. The van der Waals surface area contributed by atoms with Crippen molar-refractivity contribution in [3.05, 3.63) is 29.8 Å². The van der Waals surface area contributed by atoms with E-state index in [0.717, 1.165) is 47.8 Å². The number of hydrogen-bond donors (Lipinski definition) is 1. The molecule has 0 amide bonds. The van der Waals surface area contributed by atoms with Crippen LogP contribution in [0.5, 0.6) is 5.75 Å². The van der Waals surface area contributed by atoms with Crippen LogP contribution in [0.25, 0.3) is 10.9 Å². The Morgan fingerprint density at radius 3 is 2.76 bits per heavy atom. The van der Waals surface area contributed by atoms with Crippen molar-refractivity contribution in [2.45, 2.75) is 26.3 Å². The topological polar surface area (TPSA) is 51.4 Å². The van der Waals surface area contributed by atoms with Crippen LogP contribution in [0.4, 0.5) is 5.82 Å². The van der Waals surface area contributed by atoms with Crippen LogP contribution in [0.2, 0.25) is 0 Å². The van der Waals surface area contributed by atoms with E-state index >= 15 is 0 Å². The summed E-state index contributed by atoms with van der Waals surface area (Å²) in [6.07, 6.45) is 2.55. The van der Waals surface area contributed by atoms with E-state index in [1.54, 1.807) is 7.11 Å². The van der Waals surface area contributed by atoms with Crippen LogP contribution in [0, 0.1) is 5.92 Å². The summed E-state index contributed by atoms with van der Waals surface area (Å²) in [5.74, 6) is 2.29. The highest BCUT2D eigenvalue weighted by molar-refractivity contribution is 5.82. The van der Waals surface area contributed by atoms with Gasteiger partial charge in [0.1, 0.15) is 11.6 Å². The molecule has 0 saturated carbocycles. The van der Waals surface area contributed by atoms with Gasteiger partial charge in [-0.15, -0.1) is 0 Å². The highest BCUT2D eigenvalue weighted by Crippen LogP contribution is 2.25. The Labute approximate surface area is 125 Å². The van der Waals surface area contributed by atoms with Gasteiger partial charge in [0.25, 0.3) is 0 Å². The van der Waals surface area contributed by atoms with Crippen LogP contribution in [0.15, 0.2) is 24.3 Å². The molecule has 0 radical (unpaired) electrons. The quantitative estimate of drug-likeness (QED) is 0.941. The fraction of sp³-hybridized carbons (Fsp3) is 0.471. The lowest BCUT2D eigenvalue weighted by atomic mass is 9.99. The highest BCUT2D eigenvalue weighted by atomic mass is 16.5. The number of hydrogen-bond acceptors (Lipinski definition) is 4. The van der Waals surface area contributed by atoms with Crippen LogP contribution in [-0.2, 0) is 6.54 Å². The number of nitrogens with two attached hydrogens (primary N) is 1. The summed E-state index contributed by atoms with van der Waals surface area (Å²) < 4.78 is 5.23.